The van der Waals surface area contributed by atoms with Crippen molar-refractivity contribution in [2.24, 2.45) is 4.99 Å². The van der Waals surface area contributed by atoms with E-state index in [1.54, 1.807) is 18.3 Å². The van der Waals surface area contributed by atoms with Gasteiger partial charge in [-0.1, -0.05) is 0 Å². The van der Waals surface area contributed by atoms with Gasteiger partial charge in [-0.15, -0.1) is 24.0 Å². The summed E-state index contributed by atoms with van der Waals surface area (Å²) in [5.41, 5.74) is 0.718. The standard InChI is InChI=1S/C17H19F2N5O.HI/c1-2-21-17(22-9-12-8-13(18)5-6-15(12)19)23-11-16(25)24-14-4-3-7-20-10-14;/h3-8,10H,2,9,11H2,1H3,(H,24,25)(H2,21,22,23);1H. The van der Waals surface area contributed by atoms with Crippen LogP contribution in [0.3, 0.4) is 0 Å². The first-order valence-electron chi connectivity index (χ1n) is 7.74. The van der Waals surface area contributed by atoms with Gasteiger partial charge in [0.15, 0.2) is 5.96 Å². The highest BCUT2D eigenvalue weighted by Crippen LogP contribution is 2.10. The highest BCUT2D eigenvalue weighted by molar-refractivity contribution is 14.0. The van der Waals surface area contributed by atoms with E-state index >= 15 is 0 Å². The number of rotatable bonds is 6. The van der Waals surface area contributed by atoms with Gasteiger partial charge in [0.2, 0.25) is 5.91 Å². The molecule has 1 heterocycles. The van der Waals surface area contributed by atoms with Crippen LogP contribution in [-0.4, -0.2) is 29.9 Å². The van der Waals surface area contributed by atoms with Crippen molar-refractivity contribution in [1.29, 1.82) is 0 Å². The van der Waals surface area contributed by atoms with E-state index in [4.69, 9.17) is 0 Å². The Labute approximate surface area is 167 Å². The number of hydrogen-bond donors (Lipinski definition) is 3. The van der Waals surface area contributed by atoms with E-state index < -0.39 is 11.6 Å². The maximum absolute atomic E-state index is 13.6. The molecule has 0 aliphatic heterocycles. The first-order valence-corrected chi connectivity index (χ1v) is 7.74. The SMILES string of the molecule is CCNC(=NCc1cc(F)ccc1F)NCC(=O)Nc1cccnc1.I. The summed E-state index contributed by atoms with van der Waals surface area (Å²) in [5.74, 6) is -1.02. The molecule has 1 aromatic heterocycles. The number of aromatic nitrogens is 1. The molecule has 0 unspecified atom stereocenters. The number of amides is 1. The zero-order valence-corrected chi connectivity index (χ0v) is 16.5. The van der Waals surface area contributed by atoms with Gasteiger partial charge in [0.25, 0.3) is 0 Å². The first kappa shape index (κ1) is 21.7. The summed E-state index contributed by atoms with van der Waals surface area (Å²) in [7, 11) is 0. The Morgan fingerprint density at radius 2 is 2.04 bits per heavy atom. The summed E-state index contributed by atoms with van der Waals surface area (Å²) >= 11 is 0. The van der Waals surface area contributed by atoms with Gasteiger partial charge in [-0.05, 0) is 37.3 Å². The van der Waals surface area contributed by atoms with Gasteiger partial charge in [0, 0.05) is 18.3 Å². The van der Waals surface area contributed by atoms with Crippen LogP contribution in [0, 0.1) is 11.6 Å². The van der Waals surface area contributed by atoms with Crippen molar-refractivity contribution in [1.82, 2.24) is 15.6 Å². The summed E-state index contributed by atoms with van der Waals surface area (Å²) in [6.45, 7) is 2.33. The van der Waals surface area contributed by atoms with Crippen molar-refractivity contribution in [2.45, 2.75) is 13.5 Å². The molecule has 0 bridgehead atoms. The molecule has 140 valence electrons. The third kappa shape index (κ3) is 7.30. The van der Waals surface area contributed by atoms with Gasteiger partial charge in [-0.3, -0.25) is 9.78 Å². The van der Waals surface area contributed by atoms with Crippen LogP contribution in [0.2, 0.25) is 0 Å². The lowest BCUT2D eigenvalue weighted by atomic mass is 10.2. The van der Waals surface area contributed by atoms with Crippen molar-refractivity contribution in [2.75, 3.05) is 18.4 Å². The summed E-state index contributed by atoms with van der Waals surface area (Å²) in [4.78, 5) is 20.0. The lowest BCUT2D eigenvalue weighted by Crippen LogP contribution is -2.41. The van der Waals surface area contributed by atoms with E-state index in [1.165, 1.54) is 6.20 Å². The molecular formula is C17H20F2IN5O. The quantitative estimate of drug-likeness (QED) is 0.341. The van der Waals surface area contributed by atoms with Gasteiger partial charge in [0.05, 0.1) is 25.0 Å². The molecule has 3 N–H and O–H groups in total. The Kier molecular flexibility index (Phi) is 9.48. The van der Waals surface area contributed by atoms with Crippen LogP contribution in [0.4, 0.5) is 14.5 Å². The Morgan fingerprint density at radius 1 is 1.23 bits per heavy atom. The molecule has 0 aliphatic rings. The fraction of sp³-hybridized carbons (Fsp3) is 0.235. The zero-order valence-electron chi connectivity index (χ0n) is 14.1. The topological polar surface area (TPSA) is 78.4 Å². The average molecular weight is 475 g/mol. The van der Waals surface area contributed by atoms with Crippen molar-refractivity contribution < 1.29 is 13.6 Å². The number of anilines is 1. The van der Waals surface area contributed by atoms with E-state index in [-0.39, 0.29) is 48.5 Å². The summed E-state index contributed by atoms with van der Waals surface area (Å²) in [6.07, 6.45) is 3.14. The van der Waals surface area contributed by atoms with E-state index in [0.717, 1.165) is 18.2 Å². The number of halogens is 3. The number of benzene rings is 1. The largest absolute Gasteiger partial charge is 0.357 e. The molecule has 0 saturated heterocycles. The summed E-state index contributed by atoms with van der Waals surface area (Å²) in [5, 5.41) is 8.45. The molecule has 1 aromatic carbocycles. The molecule has 0 radical (unpaired) electrons. The first-order chi connectivity index (χ1) is 12.1. The van der Waals surface area contributed by atoms with E-state index in [0.29, 0.717) is 18.2 Å². The number of carbonyl (C=O) groups is 1. The van der Waals surface area contributed by atoms with Crippen LogP contribution in [0.25, 0.3) is 0 Å². The van der Waals surface area contributed by atoms with E-state index in [9.17, 15) is 13.6 Å². The average Bonchev–Trinajstić information content (AvgIpc) is 2.61. The number of hydrogen-bond acceptors (Lipinski definition) is 3. The molecule has 0 atom stereocenters. The minimum atomic E-state index is -0.532. The van der Waals surface area contributed by atoms with Crippen LogP contribution in [0.5, 0.6) is 0 Å². The molecule has 0 fully saturated rings. The van der Waals surface area contributed by atoms with Crippen molar-refractivity contribution in [3.05, 3.63) is 59.9 Å². The number of carbonyl (C=O) groups excluding carboxylic acids is 1. The number of pyridine rings is 1. The van der Waals surface area contributed by atoms with Crippen LogP contribution >= 0.6 is 24.0 Å². The molecule has 1 amide bonds. The third-order valence-electron chi connectivity index (χ3n) is 3.12. The smallest absolute Gasteiger partial charge is 0.243 e. The van der Waals surface area contributed by atoms with Crippen molar-refractivity contribution in [3.63, 3.8) is 0 Å². The number of guanidine groups is 1. The maximum atomic E-state index is 13.6. The highest BCUT2D eigenvalue weighted by Gasteiger charge is 2.06. The second kappa shape index (κ2) is 11.3. The Hall–Kier alpha value is -2.30. The fourth-order valence-electron chi connectivity index (χ4n) is 1.98. The Morgan fingerprint density at radius 3 is 2.73 bits per heavy atom. The van der Waals surface area contributed by atoms with Crippen molar-refractivity contribution >= 4 is 41.5 Å². The number of aliphatic imine (C=N–C) groups is 1. The molecule has 0 spiro atoms. The zero-order chi connectivity index (χ0) is 18.1. The fourth-order valence-corrected chi connectivity index (χ4v) is 1.98. The molecule has 2 aromatic rings. The van der Waals surface area contributed by atoms with Gasteiger partial charge >= 0.3 is 0 Å². The van der Waals surface area contributed by atoms with Gasteiger partial charge in [-0.25, -0.2) is 13.8 Å². The molecule has 0 saturated carbocycles. The minimum Gasteiger partial charge on any atom is -0.357 e. The molecule has 6 nitrogen and oxygen atoms in total. The molecule has 9 heteroatoms. The predicted molar refractivity (Wildman–Crippen MR) is 107 cm³/mol. The monoisotopic (exact) mass is 475 g/mol. The predicted octanol–water partition coefficient (Wildman–Crippen LogP) is 2.67. The second-order valence-electron chi connectivity index (χ2n) is 5.07. The van der Waals surface area contributed by atoms with Crippen LogP contribution in [0.15, 0.2) is 47.7 Å². The second-order valence-corrected chi connectivity index (χ2v) is 5.07. The van der Waals surface area contributed by atoms with Crippen LogP contribution in [0.1, 0.15) is 12.5 Å². The van der Waals surface area contributed by atoms with E-state index in [2.05, 4.69) is 25.9 Å². The van der Waals surface area contributed by atoms with Crippen LogP contribution < -0.4 is 16.0 Å². The Balaban J connectivity index is 0.00000338. The third-order valence-corrected chi connectivity index (χ3v) is 3.12. The number of nitrogens with one attached hydrogen (secondary N) is 3. The molecule has 0 aliphatic carbocycles. The lowest BCUT2D eigenvalue weighted by Gasteiger charge is -2.11. The Bertz CT molecular complexity index is 743. The van der Waals surface area contributed by atoms with Gasteiger partial charge < -0.3 is 16.0 Å². The van der Waals surface area contributed by atoms with Gasteiger partial charge in [0.1, 0.15) is 11.6 Å². The highest BCUT2D eigenvalue weighted by atomic mass is 127. The summed E-state index contributed by atoms with van der Waals surface area (Å²) in [6, 6.07) is 6.63. The lowest BCUT2D eigenvalue weighted by molar-refractivity contribution is -0.115. The van der Waals surface area contributed by atoms with Gasteiger partial charge in [-0.2, -0.15) is 0 Å². The van der Waals surface area contributed by atoms with Crippen LogP contribution in [-0.2, 0) is 11.3 Å². The molecular weight excluding hydrogens is 455 g/mol. The maximum Gasteiger partial charge on any atom is 0.243 e. The molecule has 26 heavy (non-hydrogen) atoms. The van der Waals surface area contributed by atoms with Crippen molar-refractivity contribution in [3.8, 4) is 0 Å². The minimum absolute atomic E-state index is 0. The summed E-state index contributed by atoms with van der Waals surface area (Å²) < 4.78 is 26.8. The van der Waals surface area contributed by atoms with E-state index in [1.807, 2.05) is 6.92 Å². The normalized spacial score (nSPS) is 10.7. The molecule has 2 rings (SSSR count). The number of nitrogens with zero attached hydrogens (tertiary/aromatic N) is 2.